The van der Waals surface area contributed by atoms with E-state index in [9.17, 15) is 0 Å². The van der Waals surface area contributed by atoms with Crippen LogP contribution in [0, 0.1) is 6.92 Å². The molecule has 1 aromatic rings. The molecule has 11 heavy (non-hydrogen) atoms. The summed E-state index contributed by atoms with van der Waals surface area (Å²) in [5.41, 5.74) is 6.50. The first-order chi connectivity index (χ1) is 5.24. The average molecular weight is 151 g/mol. The number of nitrogen functional groups attached to an aromatic ring is 1. The smallest absolute Gasteiger partial charge is 0.149 e. The van der Waals surface area contributed by atoms with Gasteiger partial charge in [0.15, 0.2) is 0 Å². The lowest BCUT2D eigenvalue weighted by Gasteiger charge is -1.86. The van der Waals surface area contributed by atoms with Crippen LogP contribution in [0.4, 0.5) is 5.82 Å². The molecule has 3 N–H and O–H groups in total. The number of allylic oxidation sites excluding steroid dienone is 1. The first kappa shape index (κ1) is 7.85. The topological polar surface area (TPSA) is 54.7 Å². The van der Waals surface area contributed by atoms with Crippen molar-refractivity contribution in [3.63, 3.8) is 0 Å². The van der Waals surface area contributed by atoms with Crippen LogP contribution in [0.15, 0.2) is 6.08 Å². The minimum Gasteiger partial charge on any atom is -0.382 e. The Hall–Kier alpha value is -1.25. The van der Waals surface area contributed by atoms with Crippen molar-refractivity contribution in [2.24, 2.45) is 0 Å². The average Bonchev–Trinajstić information content (AvgIpc) is 2.26. The monoisotopic (exact) mass is 151 g/mol. The van der Waals surface area contributed by atoms with Gasteiger partial charge >= 0.3 is 0 Å². The van der Waals surface area contributed by atoms with E-state index in [0.717, 1.165) is 17.9 Å². The summed E-state index contributed by atoms with van der Waals surface area (Å²) in [5, 5.41) is 0. The van der Waals surface area contributed by atoms with Crippen molar-refractivity contribution in [1.82, 2.24) is 9.97 Å². The number of aromatic amines is 1. The fourth-order valence-electron chi connectivity index (χ4n) is 0.891. The Labute approximate surface area is 66.3 Å². The van der Waals surface area contributed by atoms with Gasteiger partial charge in [-0.1, -0.05) is 13.0 Å². The molecule has 3 heteroatoms. The van der Waals surface area contributed by atoms with Crippen molar-refractivity contribution < 1.29 is 0 Å². The summed E-state index contributed by atoms with van der Waals surface area (Å²) in [6.45, 7) is 3.97. The zero-order chi connectivity index (χ0) is 8.27. The second kappa shape index (κ2) is 3.23. The normalized spacial score (nSPS) is 11.1. The van der Waals surface area contributed by atoms with Gasteiger partial charge in [0.05, 0.1) is 5.69 Å². The molecule has 1 rings (SSSR count). The minimum atomic E-state index is 0.576. The van der Waals surface area contributed by atoms with Crippen molar-refractivity contribution >= 4 is 11.9 Å². The predicted molar refractivity (Wildman–Crippen MR) is 47.1 cm³/mol. The van der Waals surface area contributed by atoms with Gasteiger partial charge in [0.1, 0.15) is 11.6 Å². The van der Waals surface area contributed by atoms with Gasteiger partial charge in [-0.05, 0) is 19.4 Å². The van der Waals surface area contributed by atoms with Gasteiger partial charge in [-0.15, -0.1) is 0 Å². The molecule has 60 valence electrons. The van der Waals surface area contributed by atoms with Gasteiger partial charge in [0, 0.05) is 0 Å². The number of hydrogen-bond acceptors (Lipinski definition) is 2. The van der Waals surface area contributed by atoms with Crippen molar-refractivity contribution in [1.29, 1.82) is 0 Å². The number of rotatable bonds is 2. The van der Waals surface area contributed by atoms with Crippen molar-refractivity contribution in [3.8, 4) is 0 Å². The summed E-state index contributed by atoms with van der Waals surface area (Å²) < 4.78 is 0. The fraction of sp³-hybridized carbons (Fsp3) is 0.375. The Kier molecular flexibility index (Phi) is 2.31. The molecule has 0 aliphatic carbocycles. The maximum Gasteiger partial charge on any atom is 0.149 e. The van der Waals surface area contributed by atoms with E-state index in [2.05, 4.69) is 16.9 Å². The summed E-state index contributed by atoms with van der Waals surface area (Å²) in [5.74, 6) is 1.44. The van der Waals surface area contributed by atoms with E-state index < -0.39 is 0 Å². The maximum absolute atomic E-state index is 5.59. The van der Waals surface area contributed by atoms with Gasteiger partial charge in [-0.2, -0.15) is 0 Å². The first-order valence-electron chi connectivity index (χ1n) is 3.72. The van der Waals surface area contributed by atoms with Gasteiger partial charge in [-0.3, -0.25) is 0 Å². The maximum atomic E-state index is 5.59. The van der Waals surface area contributed by atoms with Crippen LogP contribution < -0.4 is 5.73 Å². The third-order valence-corrected chi connectivity index (χ3v) is 1.40. The van der Waals surface area contributed by atoms with Crippen molar-refractivity contribution in [3.05, 3.63) is 17.6 Å². The van der Waals surface area contributed by atoms with E-state index in [1.54, 1.807) is 0 Å². The molecule has 0 unspecified atom stereocenters. The zero-order valence-electron chi connectivity index (χ0n) is 6.89. The van der Waals surface area contributed by atoms with Crippen molar-refractivity contribution in [2.75, 3.05) is 5.73 Å². The second-order valence-electron chi connectivity index (χ2n) is 2.43. The molecular formula is C8H13N3. The standard InChI is InChI=1S/C8H13N3/c1-3-4-5-7-8(9)11-6(2)10-7/h4-5H,3,9H2,1-2H3,(H,10,11)/b5-4-. The number of aryl methyl sites for hydroxylation is 1. The Balaban J connectivity index is 2.85. The molecule has 0 amide bonds. The number of H-pyrrole nitrogens is 1. The molecule has 0 fully saturated rings. The Morgan fingerprint density at radius 1 is 1.64 bits per heavy atom. The largest absolute Gasteiger partial charge is 0.382 e. The molecule has 0 bridgehead atoms. The molecule has 1 aromatic heterocycles. The summed E-state index contributed by atoms with van der Waals surface area (Å²) in [4.78, 5) is 7.09. The highest BCUT2D eigenvalue weighted by molar-refractivity contribution is 5.57. The lowest BCUT2D eigenvalue weighted by atomic mass is 10.3. The highest BCUT2D eigenvalue weighted by atomic mass is 15.0. The van der Waals surface area contributed by atoms with E-state index in [-0.39, 0.29) is 0 Å². The second-order valence-corrected chi connectivity index (χ2v) is 2.43. The number of anilines is 1. The van der Waals surface area contributed by atoms with Crippen LogP contribution in [-0.2, 0) is 0 Å². The molecule has 0 saturated carbocycles. The van der Waals surface area contributed by atoms with E-state index in [4.69, 9.17) is 5.73 Å². The molecule has 1 heterocycles. The third kappa shape index (κ3) is 1.83. The summed E-state index contributed by atoms with van der Waals surface area (Å²) in [6, 6.07) is 0. The quantitative estimate of drug-likeness (QED) is 0.676. The van der Waals surface area contributed by atoms with Crippen molar-refractivity contribution in [2.45, 2.75) is 20.3 Å². The molecule has 3 nitrogen and oxygen atoms in total. The van der Waals surface area contributed by atoms with E-state index in [0.29, 0.717) is 5.82 Å². The molecule has 0 aromatic carbocycles. The summed E-state index contributed by atoms with van der Waals surface area (Å²) in [7, 11) is 0. The van der Waals surface area contributed by atoms with Gasteiger partial charge < -0.3 is 10.7 Å². The molecular weight excluding hydrogens is 138 g/mol. The third-order valence-electron chi connectivity index (χ3n) is 1.40. The molecule has 0 aliphatic rings. The van der Waals surface area contributed by atoms with Gasteiger partial charge in [0.2, 0.25) is 0 Å². The Morgan fingerprint density at radius 3 is 2.82 bits per heavy atom. The number of nitrogens with one attached hydrogen (secondary N) is 1. The number of imidazole rings is 1. The molecule has 0 saturated heterocycles. The highest BCUT2D eigenvalue weighted by Crippen LogP contribution is 2.09. The Morgan fingerprint density at radius 2 is 2.36 bits per heavy atom. The minimum absolute atomic E-state index is 0.576. The molecule has 0 atom stereocenters. The number of nitrogens with two attached hydrogens (primary N) is 1. The molecule has 0 radical (unpaired) electrons. The van der Waals surface area contributed by atoms with Crippen LogP contribution in [0.25, 0.3) is 6.08 Å². The molecule has 0 spiro atoms. The lowest BCUT2D eigenvalue weighted by Crippen LogP contribution is -1.86. The van der Waals surface area contributed by atoms with Crippen LogP contribution in [-0.4, -0.2) is 9.97 Å². The van der Waals surface area contributed by atoms with Gasteiger partial charge in [0.25, 0.3) is 0 Å². The zero-order valence-corrected chi connectivity index (χ0v) is 6.89. The Bertz CT molecular complexity index is 260. The van der Waals surface area contributed by atoms with Crippen LogP contribution in [0.2, 0.25) is 0 Å². The lowest BCUT2D eigenvalue weighted by molar-refractivity contribution is 1.15. The van der Waals surface area contributed by atoms with Gasteiger partial charge in [-0.25, -0.2) is 4.98 Å². The van der Waals surface area contributed by atoms with E-state index in [1.165, 1.54) is 0 Å². The summed E-state index contributed by atoms with van der Waals surface area (Å²) in [6.07, 6.45) is 5.01. The highest BCUT2D eigenvalue weighted by Gasteiger charge is 1.98. The molecule has 0 aliphatic heterocycles. The number of aromatic nitrogens is 2. The summed E-state index contributed by atoms with van der Waals surface area (Å²) >= 11 is 0. The fourth-order valence-corrected chi connectivity index (χ4v) is 0.891. The number of hydrogen-bond donors (Lipinski definition) is 2. The predicted octanol–water partition coefficient (Wildman–Crippen LogP) is 1.72. The van der Waals surface area contributed by atoms with E-state index in [1.807, 2.05) is 19.1 Å². The van der Waals surface area contributed by atoms with Crippen LogP contribution in [0.3, 0.4) is 0 Å². The van der Waals surface area contributed by atoms with Crippen LogP contribution in [0.5, 0.6) is 0 Å². The van der Waals surface area contributed by atoms with Crippen LogP contribution in [0.1, 0.15) is 24.9 Å². The van der Waals surface area contributed by atoms with Crippen LogP contribution >= 0.6 is 0 Å². The first-order valence-corrected chi connectivity index (χ1v) is 3.72. The SMILES string of the molecule is CC/C=C\c1[nH]c(C)nc1N. The van der Waals surface area contributed by atoms with E-state index >= 15 is 0 Å². The number of nitrogens with zero attached hydrogens (tertiary/aromatic N) is 1.